The first-order chi connectivity index (χ1) is 8.74. The molecule has 100 valence electrons. The zero-order valence-electron chi connectivity index (χ0n) is 10.8. The Morgan fingerprint density at radius 1 is 1.06 bits per heavy atom. The highest BCUT2D eigenvalue weighted by Crippen LogP contribution is 2.30. The van der Waals surface area contributed by atoms with Crippen LogP contribution >= 0.6 is 15.9 Å². The molecule has 1 aromatic rings. The molecule has 2 rings (SSSR count). The summed E-state index contributed by atoms with van der Waals surface area (Å²) < 4.78 is 7.29. The van der Waals surface area contributed by atoms with Crippen molar-refractivity contribution in [1.29, 1.82) is 0 Å². The van der Waals surface area contributed by atoms with E-state index in [-0.39, 0.29) is 5.60 Å². The lowest BCUT2D eigenvalue weighted by molar-refractivity contribution is -0.0602. The van der Waals surface area contributed by atoms with E-state index in [0.29, 0.717) is 13.2 Å². The van der Waals surface area contributed by atoms with Crippen molar-refractivity contribution in [2.24, 2.45) is 5.73 Å². The van der Waals surface area contributed by atoms with Crippen LogP contribution < -0.4 is 5.73 Å². The molecule has 2 N–H and O–H groups in total. The fourth-order valence-corrected chi connectivity index (χ4v) is 2.86. The van der Waals surface area contributed by atoms with Crippen molar-refractivity contribution in [1.82, 2.24) is 0 Å². The minimum Gasteiger partial charge on any atom is -0.369 e. The maximum Gasteiger partial charge on any atom is 0.0808 e. The second-order valence-corrected chi connectivity index (χ2v) is 6.13. The van der Waals surface area contributed by atoms with Crippen molar-refractivity contribution in [3.05, 3.63) is 34.3 Å². The van der Waals surface area contributed by atoms with Gasteiger partial charge >= 0.3 is 0 Å². The van der Waals surface area contributed by atoms with E-state index >= 15 is 0 Å². The summed E-state index contributed by atoms with van der Waals surface area (Å²) in [6.07, 6.45) is 7.36. The smallest absolute Gasteiger partial charge is 0.0808 e. The van der Waals surface area contributed by atoms with E-state index < -0.39 is 0 Å². The molecular weight excluding hydrogens is 290 g/mol. The largest absolute Gasteiger partial charge is 0.369 e. The SMILES string of the molecule is NCC1(OCc2ccc(Br)cc2)CCCCCC1. The van der Waals surface area contributed by atoms with E-state index in [4.69, 9.17) is 10.5 Å². The monoisotopic (exact) mass is 311 g/mol. The van der Waals surface area contributed by atoms with Gasteiger partial charge < -0.3 is 10.5 Å². The Morgan fingerprint density at radius 2 is 1.67 bits per heavy atom. The quantitative estimate of drug-likeness (QED) is 0.852. The lowest BCUT2D eigenvalue weighted by atomic mass is 9.94. The molecule has 0 atom stereocenters. The molecule has 18 heavy (non-hydrogen) atoms. The lowest BCUT2D eigenvalue weighted by Gasteiger charge is -2.31. The van der Waals surface area contributed by atoms with Gasteiger partial charge in [-0.3, -0.25) is 0 Å². The molecule has 0 aliphatic heterocycles. The lowest BCUT2D eigenvalue weighted by Crippen LogP contribution is -2.40. The van der Waals surface area contributed by atoms with Crippen LogP contribution in [0.5, 0.6) is 0 Å². The molecule has 0 saturated heterocycles. The number of nitrogens with two attached hydrogens (primary N) is 1. The second kappa shape index (κ2) is 6.69. The highest BCUT2D eigenvalue weighted by Gasteiger charge is 2.30. The summed E-state index contributed by atoms with van der Waals surface area (Å²) in [4.78, 5) is 0. The summed E-state index contributed by atoms with van der Waals surface area (Å²) in [7, 11) is 0. The molecule has 0 heterocycles. The van der Waals surface area contributed by atoms with Crippen LogP contribution in [0.2, 0.25) is 0 Å². The summed E-state index contributed by atoms with van der Waals surface area (Å²) in [6.45, 7) is 1.31. The Kier molecular flexibility index (Phi) is 5.22. The Hall–Kier alpha value is -0.380. The molecular formula is C15H22BrNO. The van der Waals surface area contributed by atoms with E-state index in [1.54, 1.807) is 0 Å². The molecule has 0 amide bonds. The van der Waals surface area contributed by atoms with Gasteiger partial charge in [-0.15, -0.1) is 0 Å². The molecule has 0 radical (unpaired) electrons. The van der Waals surface area contributed by atoms with Gasteiger partial charge in [0.05, 0.1) is 12.2 Å². The van der Waals surface area contributed by atoms with Gasteiger partial charge in [0, 0.05) is 11.0 Å². The maximum atomic E-state index is 6.19. The van der Waals surface area contributed by atoms with Crippen molar-refractivity contribution >= 4 is 15.9 Å². The average Bonchev–Trinajstić information content (AvgIpc) is 2.64. The molecule has 0 bridgehead atoms. The summed E-state index contributed by atoms with van der Waals surface area (Å²) in [5.74, 6) is 0. The first kappa shape index (κ1) is 14.0. The molecule has 1 saturated carbocycles. The zero-order chi connectivity index (χ0) is 12.8. The van der Waals surface area contributed by atoms with Gasteiger partial charge in [-0.2, -0.15) is 0 Å². The van der Waals surface area contributed by atoms with Crippen LogP contribution in [0, 0.1) is 0 Å². The van der Waals surface area contributed by atoms with Crippen LogP contribution in [-0.2, 0) is 11.3 Å². The van der Waals surface area contributed by atoms with E-state index in [2.05, 4.69) is 40.2 Å². The van der Waals surface area contributed by atoms with Gasteiger partial charge in [-0.25, -0.2) is 0 Å². The van der Waals surface area contributed by atoms with Crippen LogP contribution in [0.15, 0.2) is 28.7 Å². The number of rotatable bonds is 4. The minimum atomic E-state index is -0.0798. The molecule has 1 aromatic carbocycles. The van der Waals surface area contributed by atoms with Gasteiger partial charge in [0.15, 0.2) is 0 Å². The number of benzene rings is 1. The second-order valence-electron chi connectivity index (χ2n) is 5.22. The fourth-order valence-electron chi connectivity index (χ4n) is 2.60. The van der Waals surface area contributed by atoms with Crippen molar-refractivity contribution in [3.8, 4) is 0 Å². The molecule has 1 aliphatic rings. The average molecular weight is 312 g/mol. The van der Waals surface area contributed by atoms with Gasteiger partial charge in [0.1, 0.15) is 0 Å². The molecule has 1 aliphatic carbocycles. The Morgan fingerprint density at radius 3 is 2.22 bits per heavy atom. The van der Waals surface area contributed by atoms with Crippen LogP contribution in [0.25, 0.3) is 0 Å². The predicted molar refractivity (Wildman–Crippen MR) is 78.4 cm³/mol. The van der Waals surface area contributed by atoms with Crippen molar-refractivity contribution < 1.29 is 4.74 Å². The van der Waals surface area contributed by atoms with E-state index in [1.807, 2.05) is 0 Å². The maximum absolute atomic E-state index is 6.19. The highest BCUT2D eigenvalue weighted by molar-refractivity contribution is 9.10. The van der Waals surface area contributed by atoms with Crippen molar-refractivity contribution in [2.75, 3.05) is 6.54 Å². The first-order valence-corrected chi connectivity index (χ1v) is 7.62. The Bertz CT molecular complexity index is 355. The number of hydrogen-bond donors (Lipinski definition) is 1. The van der Waals surface area contributed by atoms with Gasteiger partial charge in [-0.1, -0.05) is 53.7 Å². The summed E-state index contributed by atoms with van der Waals surface area (Å²) in [5.41, 5.74) is 7.10. The van der Waals surface area contributed by atoms with Gasteiger partial charge in [-0.05, 0) is 30.5 Å². The van der Waals surface area contributed by atoms with Crippen LogP contribution in [-0.4, -0.2) is 12.1 Å². The molecule has 0 spiro atoms. The van der Waals surface area contributed by atoms with Gasteiger partial charge in [0.2, 0.25) is 0 Å². The third-order valence-electron chi connectivity index (χ3n) is 3.85. The van der Waals surface area contributed by atoms with Crippen molar-refractivity contribution in [2.45, 2.75) is 50.7 Å². The number of ether oxygens (including phenoxy) is 1. The highest BCUT2D eigenvalue weighted by atomic mass is 79.9. The third kappa shape index (κ3) is 3.81. The van der Waals surface area contributed by atoms with E-state index in [0.717, 1.165) is 17.3 Å². The third-order valence-corrected chi connectivity index (χ3v) is 4.37. The van der Waals surface area contributed by atoms with Crippen molar-refractivity contribution in [3.63, 3.8) is 0 Å². The van der Waals surface area contributed by atoms with Crippen LogP contribution in [0.3, 0.4) is 0 Å². The molecule has 0 unspecified atom stereocenters. The number of hydrogen-bond acceptors (Lipinski definition) is 2. The molecule has 0 aromatic heterocycles. The summed E-state index contributed by atoms with van der Waals surface area (Å²) in [6, 6.07) is 8.32. The summed E-state index contributed by atoms with van der Waals surface area (Å²) >= 11 is 3.45. The first-order valence-electron chi connectivity index (χ1n) is 6.83. The summed E-state index contributed by atoms with van der Waals surface area (Å²) in [5, 5.41) is 0. The zero-order valence-corrected chi connectivity index (χ0v) is 12.4. The van der Waals surface area contributed by atoms with E-state index in [9.17, 15) is 0 Å². The predicted octanol–water partition coefficient (Wildman–Crippen LogP) is 4.02. The topological polar surface area (TPSA) is 35.2 Å². The van der Waals surface area contributed by atoms with Crippen LogP contribution in [0.4, 0.5) is 0 Å². The van der Waals surface area contributed by atoms with Gasteiger partial charge in [0.25, 0.3) is 0 Å². The Balaban J connectivity index is 1.95. The van der Waals surface area contributed by atoms with Crippen LogP contribution in [0.1, 0.15) is 44.1 Å². The molecule has 2 nitrogen and oxygen atoms in total. The number of halogens is 1. The normalized spacial score (nSPS) is 19.4. The Labute approximate surface area is 118 Å². The van der Waals surface area contributed by atoms with E-state index in [1.165, 1.54) is 31.2 Å². The fraction of sp³-hybridized carbons (Fsp3) is 0.600. The standard InChI is InChI=1S/C15H22BrNO/c16-14-7-5-13(6-8-14)11-18-15(12-17)9-3-1-2-4-10-15/h5-8H,1-4,9-12,17H2. The molecule has 3 heteroatoms. The molecule has 1 fully saturated rings. The minimum absolute atomic E-state index is 0.0798.